The lowest BCUT2D eigenvalue weighted by Gasteiger charge is -2.43. The maximum atomic E-state index is 12.0. The molecule has 1 atom stereocenters. The van der Waals surface area contributed by atoms with Crippen molar-refractivity contribution in [3.63, 3.8) is 0 Å². The predicted molar refractivity (Wildman–Crippen MR) is 89.1 cm³/mol. The average Bonchev–Trinajstić information content (AvgIpc) is 2.21. The third-order valence-corrected chi connectivity index (χ3v) is 4.11. The zero-order valence-corrected chi connectivity index (χ0v) is 15.5. The van der Waals surface area contributed by atoms with Crippen molar-refractivity contribution in [2.75, 3.05) is 0 Å². The van der Waals surface area contributed by atoms with E-state index in [0.29, 0.717) is 0 Å². The van der Waals surface area contributed by atoms with E-state index in [9.17, 15) is 14.7 Å². The van der Waals surface area contributed by atoms with E-state index in [2.05, 4.69) is 10.6 Å². The van der Waals surface area contributed by atoms with Gasteiger partial charge in [-0.15, -0.1) is 0 Å². The van der Waals surface area contributed by atoms with E-state index in [1.54, 1.807) is 41.5 Å². The van der Waals surface area contributed by atoms with Crippen molar-refractivity contribution in [3.05, 3.63) is 22.5 Å². The third kappa shape index (κ3) is 4.54. The highest BCUT2D eigenvalue weighted by Crippen LogP contribution is 2.44. The number of allylic oxidation sites excluding steroid dienone is 1. The first-order chi connectivity index (χ1) is 10.2. The van der Waals surface area contributed by atoms with E-state index in [-0.39, 0.29) is 16.4 Å². The normalized spacial score (nSPS) is 22.2. The summed E-state index contributed by atoms with van der Waals surface area (Å²) in [7, 11) is 0. The van der Waals surface area contributed by atoms with Crippen LogP contribution in [0, 0.1) is 5.41 Å². The molecule has 1 amide bonds. The Morgan fingerprint density at radius 2 is 1.78 bits per heavy atom. The van der Waals surface area contributed by atoms with Crippen molar-refractivity contribution in [2.45, 2.75) is 52.1 Å². The molecule has 0 saturated carbocycles. The molecule has 1 unspecified atom stereocenters. The van der Waals surface area contributed by atoms with Crippen LogP contribution in [-0.4, -0.2) is 27.8 Å². The van der Waals surface area contributed by atoms with E-state index in [1.165, 1.54) is 6.08 Å². The van der Waals surface area contributed by atoms with Gasteiger partial charge in [0.2, 0.25) is 0 Å². The molecule has 130 valence electrons. The Balaban J connectivity index is 3.35. The molecule has 0 aromatic heterocycles. The summed E-state index contributed by atoms with van der Waals surface area (Å²) < 4.78 is 5.14. The summed E-state index contributed by atoms with van der Waals surface area (Å²) in [4.78, 5) is 22.2. The van der Waals surface area contributed by atoms with Gasteiger partial charge in [0.05, 0.1) is 5.70 Å². The number of aliphatic carboxylic acids is 1. The molecule has 0 saturated heterocycles. The minimum Gasteiger partial charge on any atom is -0.478 e. The van der Waals surface area contributed by atoms with Gasteiger partial charge >= 0.3 is 12.1 Å². The number of rotatable bonds is 2. The average molecular weight is 365 g/mol. The van der Waals surface area contributed by atoms with Crippen molar-refractivity contribution >= 4 is 35.3 Å². The number of hydrogen-bond donors (Lipinski definition) is 3. The minimum atomic E-state index is -1.50. The number of dihydropyridines is 1. The van der Waals surface area contributed by atoms with Crippen molar-refractivity contribution in [3.8, 4) is 0 Å². The Kier molecular flexibility index (Phi) is 5.33. The van der Waals surface area contributed by atoms with Crippen LogP contribution >= 0.6 is 23.2 Å². The molecular weight excluding hydrogens is 343 g/mol. The number of nitrogens with one attached hydrogen (secondary N) is 2. The summed E-state index contributed by atoms with van der Waals surface area (Å²) in [6.07, 6.45) is 0.503. The number of amides is 1. The summed E-state index contributed by atoms with van der Waals surface area (Å²) in [5.74, 6) is -1.27. The van der Waals surface area contributed by atoms with Gasteiger partial charge in [0.15, 0.2) is 5.00 Å². The van der Waals surface area contributed by atoms with Crippen LogP contribution in [0.3, 0.4) is 0 Å². The van der Waals surface area contributed by atoms with Gasteiger partial charge in [-0.25, -0.2) is 9.59 Å². The SMILES string of the molecule is CC(C)(C)OC(=O)NC1=C(C(=O)O)C(Cl)(C(C)(C)C)NC(Cl)=C1. The van der Waals surface area contributed by atoms with Gasteiger partial charge in [-0.1, -0.05) is 44.0 Å². The Hall–Kier alpha value is -1.40. The third-order valence-electron chi connectivity index (χ3n) is 3.06. The Labute approximate surface area is 145 Å². The lowest BCUT2D eigenvalue weighted by Crippen LogP contribution is -2.55. The monoisotopic (exact) mass is 364 g/mol. The van der Waals surface area contributed by atoms with Crippen LogP contribution in [-0.2, 0) is 9.53 Å². The number of carbonyl (C=O) groups is 2. The lowest BCUT2D eigenvalue weighted by atomic mass is 9.79. The number of ether oxygens (including phenoxy) is 1. The van der Waals surface area contributed by atoms with Gasteiger partial charge in [-0.2, -0.15) is 0 Å². The van der Waals surface area contributed by atoms with E-state index in [0.717, 1.165) is 0 Å². The van der Waals surface area contributed by atoms with E-state index in [4.69, 9.17) is 27.9 Å². The molecule has 1 heterocycles. The van der Waals surface area contributed by atoms with Gasteiger partial charge in [-0.3, -0.25) is 5.32 Å². The van der Waals surface area contributed by atoms with E-state index >= 15 is 0 Å². The fourth-order valence-electron chi connectivity index (χ4n) is 1.98. The maximum absolute atomic E-state index is 12.0. The van der Waals surface area contributed by atoms with Crippen LogP contribution in [0.15, 0.2) is 22.5 Å². The maximum Gasteiger partial charge on any atom is 0.412 e. The summed E-state index contributed by atoms with van der Waals surface area (Å²) >= 11 is 12.6. The highest BCUT2D eigenvalue weighted by molar-refractivity contribution is 6.33. The second-order valence-corrected chi connectivity index (χ2v) is 8.22. The second kappa shape index (κ2) is 6.24. The van der Waals surface area contributed by atoms with E-state index < -0.39 is 28.1 Å². The molecule has 0 spiro atoms. The number of halogens is 2. The molecule has 1 aliphatic rings. The largest absolute Gasteiger partial charge is 0.478 e. The van der Waals surface area contributed by atoms with Crippen LogP contribution in [0.5, 0.6) is 0 Å². The standard InChI is InChI=1S/C15H22Cl2N2O4/c1-13(2,3)15(17)10(11(20)21)8(7-9(16)19-15)18-12(22)23-14(4,5)6/h7,19H,1-6H3,(H,18,22)(H,20,21). The fourth-order valence-corrected chi connectivity index (χ4v) is 2.57. The van der Waals surface area contributed by atoms with Crippen molar-refractivity contribution < 1.29 is 19.4 Å². The quantitative estimate of drug-likeness (QED) is 0.515. The zero-order chi connectivity index (χ0) is 18.2. The lowest BCUT2D eigenvalue weighted by molar-refractivity contribution is -0.133. The summed E-state index contributed by atoms with van der Waals surface area (Å²) in [5, 5.41) is 14.9. The molecule has 1 rings (SSSR count). The Morgan fingerprint density at radius 3 is 2.17 bits per heavy atom. The van der Waals surface area contributed by atoms with Crippen LogP contribution in [0.25, 0.3) is 0 Å². The summed E-state index contributed by atoms with van der Waals surface area (Å²) in [6, 6.07) is 0. The fraction of sp³-hybridized carbons (Fsp3) is 0.600. The minimum absolute atomic E-state index is 0.0135. The number of carbonyl (C=O) groups excluding carboxylic acids is 1. The molecule has 8 heteroatoms. The molecule has 0 aromatic carbocycles. The smallest absolute Gasteiger partial charge is 0.412 e. The topological polar surface area (TPSA) is 87.7 Å². The Morgan fingerprint density at radius 1 is 1.26 bits per heavy atom. The van der Waals surface area contributed by atoms with Crippen LogP contribution in [0.2, 0.25) is 0 Å². The van der Waals surface area contributed by atoms with Gasteiger partial charge in [-0.05, 0) is 26.8 Å². The molecule has 3 N–H and O–H groups in total. The first-order valence-electron chi connectivity index (χ1n) is 7.00. The number of hydrogen-bond acceptors (Lipinski definition) is 4. The first-order valence-corrected chi connectivity index (χ1v) is 7.75. The zero-order valence-electron chi connectivity index (χ0n) is 14.0. The summed E-state index contributed by atoms with van der Waals surface area (Å²) in [5.41, 5.74) is -1.66. The van der Waals surface area contributed by atoms with Crippen molar-refractivity contribution in [1.82, 2.24) is 10.6 Å². The van der Waals surface area contributed by atoms with Crippen LogP contribution in [0.1, 0.15) is 41.5 Å². The molecule has 0 aliphatic carbocycles. The molecular formula is C15H22Cl2N2O4. The molecule has 6 nitrogen and oxygen atoms in total. The molecule has 0 bridgehead atoms. The highest BCUT2D eigenvalue weighted by Gasteiger charge is 2.50. The molecule has 0 aromatic rings. The van der Waals surface area contributed by atoms with Gasteiger partial charge in [0, 0.05) is 5.41 Å². The predicted octanol–water partition coefficient (Wildman–Crippen LogP) is 3.51. The number of alkyl carbamates (subject to hydrolysis) is 1. The number of carboxylic acid groups (broad SMARTS) is 1. The van der Waals surface area contributed by atoms with Crippen molar-refractivity contribution in [1.29, 1.82) is 0 Å². The van der Waals surface area contributed by atoms with E-state index in [1.807, 2.05) is 0 Å². The second-order valence-electron chi connectivity index (χ2n) is 7.25. The first kappa shape index (κ1) is 19.6. The van der Waals surface area contributed by atoms with Crippen molar-refractivity contribution in [2.24, 2.45) is 5.41 Å². The summed E-state index contributed by atoms with van der Waals surface area (Å²) in [6.45, 7) is 10.4. The van der Waals surface area contributed by atoms with Gasteiger partial charge < -0.3 is 15.2 Å². The molecule has 0 fully saturated rings. The molecule has 23 heavy (non-hydrogen) atoms. The molecule has 1 aliphatic heterocycles. The Bertz CT molecular complexity index is 585. The van der Waals surface area contributed by atoms with Gasteiger partial charge in [0.25, 0.3) is 0 Å². The molecule has 0 radical (unpaired) electrons. The van der Waals surface area contributed by atoms with Crippen LogP contribution in [0.4, 0.5) is 4.79 Å². The highest BCUT2D eigenvalue weighted by atomic mass is 35.5. The number of alkyl halides is 1. The van der Waals surface area contributed by atoms with Gasteiger partial charge in [0.1, 0.15) is 16.3 Å². The van der Waals surface area contributed by atoms with Crippen LogP contribution < -0.4 is 10.6 Å². The number of carboxylic acids is 1.